The number of aryl methyl sites for hydroxylation is 1. The second-order valence-corrected chi connectivity index (χ2v) is 4.69. The van der Waals surface area contributed by atoms with Crippen molar-refractivity contribution in [2.75, 3.05) is 4.72 Å². The predicted octanol–water partition coefficient (Wildman–Crippen LogP) is -0.414. The van der Waals surface area contributed by atoms with Gasteiger partial charge in [-0.05, 0) is 35.0 Å². The number of hydrogen-bond acceptors (Lipinski definition) is 5. The quantitative estimate of drug-likeness (QED) is 0.772. The third kappa shape index (κ3) is 2.77. The Balaban J connectivity index is 2.43. The Morgan fingerprint density at radius 2 is 2.18 bits per heavy atom. The molecule has 1 aromatic carbocycles. The second kappa shape index (κ2) is 4.11. The highest BCUT2D eigenvalue weighted by atomic mass is 32.2. The van der Waals surface area contributed by atoms with Crippen LogP contribution in [0.3, 0.4) is 0 Å². The van der Waals surface area contributed by atoms with E-state index in [4.69, 9.17) is 5.14 Å². The van der Waals surface area contributed by atoms with Gasteiger partial charge in [-0.3, -0.25) is 4.72 Å². The number of nitrogens with zero attached hydrogens (tertiary/aromatic N) is 4. The number of tetrazole rings is 1. The lowest BCUT2D eigenvalue weighted by Crippen LogP contribution is -2.22. The van der Waals surface area contributed by atoms with Crippen LogP contribution in [0.2, 0.25) is 0 Å². The maximum atomic E-state index is 11.0. The molecule has 17 heavy (non-hydrogen) atoms. The maximum absolute atomic E-state index is 11.0. The van der Waals surface area contributed by atoms with E-state index in [1.165, 1.54) is 11.0 Å². The summed E-state index contributed by atoms with van der Waals surface area (Å²) in [6.07, 6.45) is 1.41. The van der Waals surface area contributed by atoms with Crippen LogP contribution in [0.4, 0.5) is 5.69 Å². The molecule has 90 valence electrons. The summed E-state index contributed by atoms with van der Waals surface area (Å²) >= 11 is 0. The van der Waals surface area contributed by atoms with Crippen molar-refractivity contribution in [1.82, 2.24) is 20.2 Å². The normalized spacial score (nSPS) is 11.4. The fourth-order valence-electron chi connectivity index (χ4n) is 1.30. The lowest BCUT2D eigenvalue weighted by molar-refractivity contribution is 0.603. The van der Waals surface area contributed by atoms with E-state index in [0.29, 0.717) is 11.4 Å². The molecule has 8 nitrogen and oxygen atoms in total. The fourth-order valence-corrected chi connectivity index (χ4v) is 1.82. The topological polar surface area (TPSA) is 116 Å². The lowest BCUT2D eigenvalue weighted by Gasteiger charge is -2.09. The van der Waals surface area contributed by atoms with Gasteiger partial charge in [0.1, 0.15) is 6.33 Å². The fraction of sp³-hybridized carbons (Fsp3) is 0.125. The SMILES string of the molecule is Cc1ccc(-n2cnnn2)cc1NS(N)(=O)=O. The highest BCUT2D eigenvalue weighted by molar-refractivity contribution is 7.90. The zero-order valence-electron chi connectivity index (χ0n) is 8.90. The van der Waals surface area contributed by atoms with Gasteiger partial charge >= 0.3 is 0 Å². The van der Waals surface area contributed by atoms with Crippen molar-refractivity contribution in [3.63, 3.8) is 0 Å². The first-order valence-corrected chi connectivity index (χ1v) is 6.15. The summed E-state index contributed by atoms with van der Waals surface area (Å²) in [6, 6.07) is 5.10. The first-order chi connectivity index (χ1) is 7.96. The zero-order valence-corrected chi connectivity index (χ0v) is 9.72. The molecule has 1 heterocycles. The molecule has 0 radical (unpaired) electrons. The van der Waals surface area contributed by atoms with Crippen molar-refractivity contribution in [2.24, 2.45) is 5.14 Å². The van der Waals surface area contributed by atoms with Gasteiger partial charge in [0.25, 0.3) is 10.2 Å². The van der Waals surface area contributed by atoms with Gasteiger partial charge in [0, 0.05) is 0 Å². The van der Waals surface area contributed by atoms with Crippen LogP contribution in [0, 0.1) is 6.92 Å². The van der Waals surface area contributed by atoms with Gasteiger partial charge in [-0.1, -0.05) is 6.07 Å². The lowest BCUT2D eigenvalue weighted by atomic mass is 10.2. The van der Waals surface area contributed by atoms with Gasteiger partial charge in [0.05, 0.1) is 11.4 Å². The van der Waals surface area contributed by atoms with Crippen LogP contribution in [0.1, 0.15) is 5.56 Å². The number of rotatable bonds is 3. The number of anilines is 1. The molecule has 0 saturated carbocycles. The van der Waals surface area contributed by atoms with Gasteiger partial charge < -0.3 is 0 Å². The molecule has 0 atom stereocenters. The van der Waals surface area contributed by atoms with Crippen LogP contribution in [0.25, 0.3) is 5.69 Å². The van der Waals surface area contributed by atoms with E-state index in [-0.39, 0.29) is 0 Å². The van der Waals surface area contributed by atoms with Gasteiger partial charge in [0.2, 0.25) is 0 Å². The Morgan fingerprint density at radius 1 is 1.41 bits per heavy atom. The molecule has 0 fully saturated rings. The van der Waals surface area contributed by atoms with Crippen LogP contribution in [0.5, 0.6) is 0 Å². The molecule has 2 aromatic rings. The van der Waals surface area contributed by atoms with Crippen molar-refractivity contribution in [1.29, 1.82) is 0 Å². The van der Waals surface area contributed by atoms with Crippen molar-refractivity contribution < 1.29 is 8.42 Å². The summed E-state index contributed by atoms with van der Waals surface area (Å²) in [5, 5.41) is 15.6. The molecule has 9 heteroatoms. The van der Waals surface area contributed by atoms with Gasteiger partial charge in [-0.15, -0.1) is 5.10 Å². The molecule has 0 unspecified atom stereocenters. The molecule has 0 aliphatic rings. The van der Waals surface area contributed by atoms with Crippen LogP contribution in [-0.2, 0) is 10.2 Å². The van der Waals surface area contributed by atoms with E-state index in [1.807, 2.05) is 0 Å². The largest absolute Gasteiger partial charge is 0.296 e. The smallest absolute Gasteiger partial charge is 0.271 e. The summed E-state index contributed by atoms with van der Waals surface area (Å²) in [5.41, 5.74) is 1.77. The Labute approximate surface area is 97.6 Å². The minimum absolute atomic E-state index is 0.389. The third-order valence-electron chi connectivity index (χ3n) is 2.09. The molecular formula is C8H10N6O2S. The van der Waals surface area contributed by atoms with Crippen LogP contribution in [0.15, 0.2) is 24.5 Å². The minimum Gasteiger partial charge on any atom is -0.271 e. The predicted molar refractivity (Wildman–Crippen MR) is 60.6 cm³/mol. The Morgan fingerprint density at radius 3 is 2.76 bits per heavy atom. The van der Waals surface area contributed by atoms with Crippen LogP contribution in [-0.4, -0.2) is 28.6 Å². The van der Waals surface area contributed by atoms with Crippen LogP contribution >= 0.6 is 0 Å². The Bertz CT molecular complexity index is 621. The van der Waals surface area contributed by atoms with Crippen LogP contribution < -0.4 is 9.86 Å². The van der Waals surface area contributed by atoms with Gasteiger partial charge in [-0.25, -0.2) is 9.82 Å². The van der Waals surface area contributed by atoms with Crippen molar-refractivity contribution >= 4 is 15.9 Å². The summed E-state index contributed by atoms with van der Waals surface area (Å²) in [6.45, 7) is 1.76. The standard InChI is InChI=1S/C8H10N6O2S/c1-6-2-3-7(14-5-10-12-13-14)4-8(6)11-17(9,15)16/h2-5,11H,1H3,(H2,9,15,16). The molecule has 0 saturated heterocycles. The maximum Gasteiger partial charge on any atom is 0.296 e. The molecule has 0 bridgehead atoms. The number of benzene rings is 1. The van der Waals surface area contributed by atoms with Gasteiger partial charge in [0.15, 0.2) is 0 Å². The Hall–Kier alpha value is -2.00. The van der Waals surface area contributed by atoms with Crippen molar-refractivity contribution in [3.8, 4) is 5.69 Å². The number of nitrogens with one attached hydrogen (secondary N) is 1. The minimum atomic E-state index is -3.80. The van der Waals surface area contributed by atoms with E-state index in [1.54, 1.807) is 25.1 Å². The first-order valence-electron chi connectivity index (χ1n) is 4.60. The van der Waals surface area contributed by atoms with Gasteiger partial charge in [-0.2, -0.15) is 8.42 Å². The molecule has 0 amide bonds. The molecule has 0 spiro atoms. The molecule has 0 aliphatic heterocycles. The molecule has 1 aromatic heterocycles. The molecular weight excluding hydrogens is 244 g/mol. The first kappa shape index (κ1) is 11.5. The van der Waals surface area contributed by atoms with E-state index < -0.39 is 10.2 Å². The number of hydrogen-bond donors (Lipinski definition) is 2. The zero-order chi connectivity index (χ0) is 12.5. The molecule has 2 rings (SSSR count). The summed E-state index contributed by atoms with van der Waals surface area (Å²) in [7, 11) is -3.80. The average Bonchev–Trinajstić information content (AvgIpc) is 2.72. The van der Waals surface area contributed by atoms with Crippen molar-refractivity contribution in [2.45, 2.75) is 6.92 Å². The molecule has 0 aliphatic carbocycles. The number of aromatic nitrogens is 4. The van der Waals surface area contributed by atoms with E-state index >= 15 is 0 Å². The van der Waals surface area contributed by atoms with E-state index in [9.17, 15) is 8.42 Å². The van der Waals surface area contributed by atoms with E-state index in [0.717, 1.165) is 5.56 Å². The number of nitrogens with two attached hydrogens (primary N) is 1. The highest BCUT2D eigenvalue weighted by Gasteiger charge is 2.07. The highest BCUT2D eigenvalue weighted by Crippen LogP contribution is 2.19. The second-order valence-electron chi connectivity index (χ2n) is 3.40. The third-order valence-corrected chi connectivity index (χ3v) is 2.59. The summed E-state index contributed by atoms with van der Waals surface area (Å²) in [5.74, 6) is 0. The van der Waals surface area contributed by atoms with E-state index in [2.05, 4.69) is 20.2 Å². The molecule has 3 N–H and O–H groups in total. The van der Waals surface area contributed by atoms with Crippen molar-refractivity contribution in [3.05, 3.63) is 30.1 Å². The summed E-state index contributed by atoms with van der Waals surface area (Å²) < 4.78 is 25.6. The monoisotopic (exact) mass is 254 g/mol. The average molecular weight is 254 g/mol. The summed E-state index contributed by atoms with van der Waals surface area (Å²) in [4.78, 5) is 0. The Kier molecular flexibility index (Phi) is 2.77.